The molecule has 3 aromatic rings. The first-order chi connectivity index (χ1) is 15.7. The van der Waals surface area contributed by atoms with Crippen LogP contribution in [-0.4, -0.2) is 32.5 Å². The minimum Gasteiger partial charge on any atom is -0.496 e. The molecule has 0 N–H and O–H groups in total. The smallest absolute Gasteiger partial charge is 0.299 e. The minimum atomic E-state index is -0.540. The molecule has 1 fully saturated rings. The van der Waals surface area contributed by atoms with E-state index in [0.717, 1.165) is 23.8 Å². The summed E-state index contributed by atoms with van der Waals surface area (Å²) in [5, 5.41) is 1.51. The van der Waals surface area contributed by atoms with Crippen LogP contribution >= 0.6 is 0 Å². The van der Waals surface area contributed by atoms with Crippen molar-refractivity contribution in [2.75, 3.05) is 25.7 Å². The van der Waals surface area contributed by atoms with E-state index in [1.165, 1.54) is 0 Å². The molecule has 1 amide bonds. The molecule has 0 saturated heterocycles. The van der Waals surface area contributed by atoms with Crippen LogP contribution in [0.5, 0.6) is 11.5 Å². The number of fused-ring (bicyclic) bond motifs is 1. The topological polar surface area (TPSA) is 55.8 Å². The lowest BCUT2D eigenvalue weighted by Crippen LogP contribution is -2.38. The van der Waals surface area contributed by atoms with Gasteiger partial charge in [0, 0.05) is 17.5 Å². The summed E-state index contributed by atoms with van der Waals surface area (Å²) < 4.78 is 11.1. The van der Waals surface area contributed by atoms with E-state index in [-0.39, 0.29) is 5.41 Å². The second-order valence-corrected chi connectivity index (χ2v) is 9.69. The van der Waals surface area contributed by atoms with Gasteiger partial charge in [0.05, 0.1) is 19.9 Å². The molecule has 0 spiro atoms. The van der Waals surface area contributed by atoms with Crippen LogP contribution in [0.4, 0.5) is 5.69 Å². The summed E-state index contributed by atoms with van der Waals surface area (Å²) in [6.45, 7) is 6.88. The van der Waals surface area contributed by atoms with Gasteiger partial charge in [0.2, 0.25) is 0 Å². The van der Waals surface area contributed by atoms with Gasteiger partial charge in [-0.2, -0.15) is 0 Å². The normalized spacial score (nSPS) is 13.6. The summed E-state index contributed by atoms with van der Waals surface area (Å²) >= 11 is 0. The van der Waals surface area contributed by atoms with E-state index in [0.29, 0.717) is 40.6 Å². The van der Waals surface area contributed by atoms with Crippen molar-refractivity contribution in [3.05, 3.63) is 65.7 Å². The number of carbonyl (C=O) groups excluding carboxylic acids is 2. The number of ether oxygens (including phenoxy) is 2. The number of hydrogen-bond donors (Lipinski definition) is 0. The van der Waals surface area contributed by atoms with E-state index in [9.17, 15) is 9.59 Å². The largest absolute Gasteiger partial charge is 0.496 e. The Morgan fingerprint density at radius 2 is 1.55 bits per heavy atom. The van der Waals surface area contributed by atoms with Crippen LogP contribution in [0.2, 0.25) is 0 Å². The van der Waals surface area contributed by atoms with Crippen molar-refractivity contribution < 1.29 is 19.1 Å². The quantitative estimate of drug-likeness (QED) is 0.342. The van der Waals surface area contributed by atoms with Crippen LogP contribution in [0.15, 0.2) is 54.6 Å². The molecule has 0 atom stereocenters. The fourth-order valence-electron chi connectivity index (χ4n) is 4.10. The molecule has 0 aromatic heterocycles. The van der Waals surface area contributed by atoms with Gasteiger partial charge in [0.1, 0.15) is 11.5 Å². The Hall–Kier alpha value is -3.34. The summed E-state index contributed by atoms with van der Waals surface area (Å²) in [6.07, 6.45) is 2.12. The Morgan fingerprint density at radius 3 is 2.15 bits per heavy atom. The number of hydrogen-bond acceptors (Lipinski definition) is 4. The fourth-order valence-corrected chi connectivity index (χ4v) is 4.10. The third kappa shape index (κ3) is 4.58. The van der Waals surface area contributed by atoms with Crippen LogP contribution in [-0.2, 0) is 10.2 Å². The van der Waals surface area contributed by atoms with Gasteiger partial charge < -0.3 is 14.4 Å². The number of carbonyl (C=O) groups is 2. The Kier molecular flexibility index (Phi) is 6.15. The summed E-state index contributed by atoms with van der Waals surface area (Å²) in [5.74, 6) is 0.588. The van der Waals surface area contributed by atoms with E-state index in [4.69, 9.17) is 9.47 Å². The van der Waals surface area contributed by atoms with Gasteiger partial charge in [-0.15, -0.1) is 0 Å². The highest BCUT2D eigenvalue weighted by Crippen LogP contribution is 2.38. The van der Waals surface area contributed by atoms with Crippen LogP contribution in [0, 0.1) is 5.92 Å². The first kappa shape index (κ1) is 22.8. The maximum Gasteiger partial charge on any atom is 0.299 e. The predicted molar refractivity (Wildman–Crippen MR) is 132 cm³/mol. The third-order valence-corrected chi connectivity index (χ3v) is 6.26. The van der Waals surface area contributed by atoms with Gasteiger partial charge in [-0.05, 0) is 59.4 Å². The maximum absolute atomic E-state index is 13.7. The van der Waals surface area contributed by atoms with Gasteiger partial charge >= 0.3 is 0 Å². The molecular weight excluding hydrogens is 414 g/mol. The molecule has 0 heterocycles. The molecule has 1 aliphatic rings. The molecule has 5 heteroatoms. The van der Waals surface area contributed by atoms with E-state index in [1.54, 1.807) is 31.3 Å². The van der Waals surface area contributed by atoms with E-state index in [2.05, 4.69) is 20.8 Å². The molecule has 0 bridgehead atoms. The molecule has 1 saturated carbocycles. The molecule has 4 rings (SSSR count). The lowest BCUT2D eigenvalue weighted by atomic mass is 9.86. The zero-order valence-corrected chi connectivity index (χ0v) is 20.0. The summed E-state index contributed by atoms with van der Waals surface area (Å²) in [4.78, 5) is 28.9. The number of amides is 1. The number of Topliss-reactive ketones (excluding diaryl/α,β-unsaturated/α-hetero) is 1. The fraction of sp³-hybridized carbons (Fsp3) is 0.357. The molecule has 33 heavy (non-hydrogen) atoms. The lowest BCUT2D eigenvalue weighted by Gasteiger charge is -2.27. The van der Waals surface area contributed by atoms with Gasteiger partial charge in [-0.3, -0.25) is 9.59 Å². The number of anilines is 1. The first-order valence-corrected chi connectivity index (χ1v) is 11.3. The second-order valence-electron chi connectivity index (χ2n) is 9.69. The van der Waals surface area contributed by atoms with Crippen LogP contribution in [0.25, 0.3) is 10.8 Å². The zero-order chi connectivity index (χ0) is 23.8. The van der Waals surface area contributed by atoms with E-state index < -0.39 is 11.7 Å². The highest BCUT2D eigenvalue weighted by molar-refractivity contribution is 6.49. The molecule has 1 aliphatic carbocycles. The highest BCUT2D eigenvalue weighted by atomic mass is 16.5. The molecule has 0 radical (unpaired) electrons. The average Bonchev–Trinajstić information content (AvgIpc) is 3.64. The van der Waals surface area contributed by atoms with Gasteiger partial charge in [-0.1, -0.05) is 51.1 Å². The van der Waals surface area contributed by atoms with Crippen molar-refractivity contribution in [2.24, 2.45) is 5.92 Å². The number of methoxy groups -OCH3 is 2. The summed E-state index contributed by atoms with van der Waals surface area (Å²) in [5.41, 5.74) is 2.00. The van der Waals surface area contributed by atoms with Crippen molar-refractivity contribution in [3.8, 4) is 11.5 Å². The van der Waals surface area contributed by atoms with E-state index >= 15 is 0 Å². The van der Waals surface area contributed by atoms with Crippen LogP contribution < -0.4 is 14.4 Å². The van der Waals surface area contributed by atoms with Gasteiger partial charge in [0.25, 0.3) is 11.7 Å². The van der Waals surface area contributed by atoms with Crippen molar-refractivity contribution >= 4 is 28.2 Å². The molecular formula is C28H31NO4. The van der Waals surface area contributed by atoms with Crippen molar-refractivity contribution in [2.45, 2.75) is 39.0 Å². The second kappa shape index (κ2) is 8.89. The Morgan fingerprint density at radius 1 is 0.909 bits per heavy atom. The number of nitrogens with zero attached hydrogens (tertiary/aromatic N) is 1. The van der Waals surface area contributed by atoms with E-state index in [1.807, 2.05) is 42.5 Å². The van der Waals surface area contributed by atoms with Gasteiger partial charge in [0.15, 0.2) is 0 Å². The predicted octanol–water partition coefficient (Wildman–Crippen LogP) is 5.78. The first-order valence-electron chi connectivity index (χ1n) is 11.3. The Labute approximate surface area is 195 Å². The molecule has 0 aliphatic heterocycles. The average molecular weight is 446 g/mol. The molecule has 172 valence electrons. The Balaban J connectivity index is 1.79. The van der Waals surface area contributed by atoms with Gasteiger partial charge in [-0.25, -0.2) is 0 Å². The zero-order valence-electron chi connectivity index (χ0n) is 20.0. The van der Waals surface area contributed by atoms with Crippen molar-refractivity contribution in [1.29, 1.82) is 0 Å². The number of benzene rings is 3. The number of rotatable bonds is 7. The maximum atomic E-state index is 13.7. The molecule has 5 nitrogen and oxygen atoms in total. The van der Waals surface area contributed by atoms with Crippen LogP contribution in [0.1, 0.15) is 49.5 Å². The minimum absolute atomic E-state index is 0.106. The van der Waals surface area contributed by atoms with Crippen molar-refractivity contribution in [1.82, 2.24) is 0 Å². The summed E-state index contributed by atoms with van der Waals surface area (Å²) in [6, 6.07) is 16.8. The summed E-state index contributed by atoms with van der Waals surface area (Å²) in [7, 11) is 3.19. The molecule has 3 aromatic carbocycles. The standard InChI is InChI=1S/C28H31NO4/c1-28(2,3)19-12-14-25(33-5)23(16-19)29(17-18-10-11-18)27(31)26(30)22-13-15-24(32-4)21-9-7-6-8-20(21)22/h6-9,12-16,18H,10-11,17H2,1-5H3. The number of ketones is 1. The van der Waals surface area contributed by atoms with Crippen LogP contribution in [0.3, 0.4) is 0 Å². The lowest BCUT2D eigenvalue weighted by molar-refractivity contribution is -0.114. The highest BCUT2D eigenvalue weighted by Gasteiger charge is 2.34. The third-order valence-electron chi connectivity index (χ3n) is 6.26. The monoisotopic (exact) mass is 445 g/mol. The SMILES string of the molecule is COc1ccc(C(C)(C)C)cc1N(CC1CC1)C(=O)C(=O)c1ccc(OC)c2ccccc12. The molecule has 0 unspecified atom stereocenters. The Bertz CT molecular complexity index is 1200. The van der Waals surface area contributed by atoms with Crippen molar-refractivity contribution in [3.63, 3.8) is 0 Å².